The molecule has 4 N–H and O–H groups in total. The Morgan fingerprint density at radius 2 is 1.55 bits per heavy atom. The molecule has 1 unspecified atom stereocenters. The quantitative estimate of drug-likeness (QED) is 0.0762. The van der Waals surface area contributed by atoms with E-state index in [0.717, 1.165) is 109 Å². The van der Waals surface area contributed by atoms with Crippen LogP contribution in [0.1, 0.15) is 63.9 Å². The smallest absolute Gasteiger partial charge is 0.488 e. The first-order valence-electron chi connectivity index (χ1n) is 21.5. The van der Waals surface area contributed by atoms with Crippen LogP contribution in [0.4, 0.5) is 5.69 Å². The van der Waals surface area contributed by atoms with Crippen molar-refractivity contribution in [1.82, 2.24) is 20.0 Å². The Morgan fingerprint density at radius 1 is 0.823 bits per heavy atom. The molecule has 3 amide bonds. The molecule has 4 aliphatic rings. The van der Waals surface area contributed by atoms with E-state index >= 15 is 0 Å². The van der Waals surface area contributed by atoms with Gasteiger partial charge in [0.1, 0.15) is 17.5 Å². The molecule has 1 aromatic heterocycles. The van der Waals surface area contributed by atoms with Crippen molar-refractivity contribution < 1.29 is 39.1 Å². The van der Waals surface area contributed by atoms with E-state index in [1.807, 2.05) is 24.3 Å². The molecule has 4 aliphatic heterocycles. The van der Waals surface area contributed by atoms with Gasteiger partial charge in [0.15, 0.2) is 5.78 Å². The van der Waals surface area contributed by atoms with Crippen molar-refractivity contribution in [1.29, 1.82) is 0 Å². The van der Waals surface area contributed by atoms with Crippen LogP contribution >= 0.6 is 11.3 Å². The molecule has 0 spiro atoms. The van der Waals surface area contributed by atoms with Gasteiger partial charge in [-0.25, -0.2) is 0 Å². The zero-order valence-corrected chi connectivity index (χ0v) is 35.3. The van der Waals surface area contributed by atoms with Crippen molar-refractivity contribution in [2.24, 2.45) is 5.92 Å². The molecule has 5 aromatic rings. The number of carbonyl (C=O) groups excluding carboxylic acids is 4. The summed E-state index contributed by atoms with van der Waals surface area (Å²) in [6, 6.07) is 24.5. The number of piperazine rings is 1. The van der Waals surface area contributed by atoms with Crippen molar-refractivity contribution in [3.63, 3.8) is 0 Å². The summed E-state index contributed by atoms with van der Waals surface area (Å²) < 4.78 is 7.01. The Hall–Kier alpha value is -5.58. The third-order valence-electron chi connectivity index (χ3n) is 12.9. The Morgan fingerprint density at radius 3 is 2.26 bits per heavy atom. The van der Waals surface area contributed by atoms with E-state index in [2.05, 4.69) is 26.1 Å². The fourth-order valence-electron chi connectivity index (χ4n) is 9.26. The molecule has 3 saturated heterocycles. The molecule has 0 bridgehead atoms. The summed E-state index contributed by atoms with van der Waals surface area (Å²) >= 11 is 1.41. The van der Waals surface area contributed by atoms with Crippen LogP contribution in [0.3, 0.4) is 0 Å². The van der Waals surface area contributed by atoms with Crippen LogP contribution in [0.15, 0.2) is 84.9 Å². The first kappa shape index (κ1) is 41.8. The van der Waals surface area contributed by atoms with E-state index in [1.165, 1.54) is 11.3 Å². The summed E-state index contributed by atoms with van der Waals surface area (Å²) in [7, 11) is -1.58. The molecule has 4 aromatic carbocycles. The van der Waals surface area contributed by atoms with E-state index in [9.17, 15) is 34.3 Å². The van der Waals surface area contributed by atoms with Gasteiger partial charge in [0.2, 0.25) is 11.8 Å². The number of hydrogen-bond donors (Lipinski definition) is 4. The number of nitrogens with one attached hydrogen (secondary N) is 1. The van der Waals surface area contributed by atoms with Crippen LogP contribution in [0.25, 0.3) is 20.5 Å². The second-order valence-corrected chi connectivity index (χ2v) is 17.9. The Balaban J connectivity index is 0.704. The van der Waals surface area contributed by atoms with Gasteiger partial charge in [0.05, 0.1) is 6.61 Å². The molecular formula is C47H50BN5O8S. The van der Waals surface area contributed by atoms with Gasteiger partial charge < -0.3 is 34.6 Å². The monoisotopic (exact) mass is 855 g/mol. The standard InChI is InChI=1S/C47H50BN5O8S/c54-36-9-13-39-41(27-36)62-45(32-2-6-34(7-3-32)48(59)60)43(39)44(56)31-4-10-37(11-5-31)61-29-30-16-20-50(21-17-30)18-1-19-51-22-24-52(25-23-51)35-8-12-38-33(26-35)28-53(47(38)58)40-14-15-42(55)49-46(40)57/h2-13,26-27,30,40,54,59-60H,1,14-25,28-29H2,(H,49,55,57). The number of benzene rings is 4. The number of likely N-dealkylation sites (tertiary alicyclic amines) is 1. The molecule has 0 saturated carbocycles. The van der Waals surface area contributed by atoms with Gasteiger partial charge >= 0.3 is 7.12 Å². The number of carbonyl (C=O) groups is 4. The molecule has 13 nitrogen and oxygen atoms in total. The number of aromatic hydroxyl groups is 1. The molecule has 15 heteroatoms. The minimum atomic E-state index is -1.58. The fourth-order valence-corrected chi connectivity index (χ4v) is 10.5. The van der Waals surface area contributed by atoms with E-state index in [4.69, 9.17) is 4.74 Å². The minimum absolute atomic E-state index is 0.122. The normalized spacial score (nSPS) is 18.9. The molecular weight excluding hydrogens is 805 g/mol. The van der Waals surface area contributed by atoms with Crippen LogP contribution in [0.5, 0.6) is 11.5 Å². The molecule has 0 aliphatic carbocycles. The SMILES string of the molecule is O=C1CCC(N2Cc3cc(N4CCN(CCCN5CCC(COc6ccc(C(=O)c7c(-c8ccc(B(O)O)cc8)sc8cc(O)ccc78)cc6)CC5)CC4)ccc3C2=O)C(=O)N1. The van der Waals surface area contributed by atoms with Crippen molar-refractivity contribution in [2.45, 2.75) is 44.7 Å². The second-order valence-electron chi connectivity index (χ2n) is 16.9. The Labute approximate surface area is 364 Å². The van der Waals surface area contributed by atoms with Crippen molar-refractivity contribution in [3.05, 3.63) is 107 Å². The van der Waals surface area contributed by atoms with Crippen LogP contribution in [-0.4, -0.2) is 125 Å². The molecule has 9 rings (SSSR count). The number of imide groups is 1. The summed E-state index contributed by atoms with van der Waals surface area (Å²) in [6.45, 7) is 9.06. The van der Waals surface area contributed by atoms with Crippen molar-refractivity contribution in [2.75, 3.05) is 63.9 Å². The van der Waals surface area contributed by atoms with Gasteiger partial charge in [-0.1, -0.05) is 24.3 Å². The number of anilines is 1. The zero-order valence-electron chi connectivity index (χ0n) is 34.5. The van der Waals surface area contributed by atoms with Crippen molar-refractivity contribution in [3.8, 4) is 21.9 Å². The summed E-state index contributed by atoms with van der Waals surface area (Å²) in [5.41, 5.74) is 4.89. The number of rotatable bonds is 13. The summed E-state index contributed by atoms with van der Waals surface area (Å²) in [5.74, 6) is 0.369. The lowest BCUT2D eigenvalue weighted by Gasteiger charge is -2.37. The Bertz CT molecular complexity index is 2480. The number of ether oxygens (including phenoxy) is 1. The Kier molecular flexibility index (Phi) is 12.1. The van der Waals surface area contributed by atoms with Gasteiger partial charge in [0.25, 0.3) is 5.91 Å². The first-order valence-corrected chi connectivity index (χ1v) is 22.4. The highest BCUT2D eigenvalue weighted by Gasteiger charge is 2.39. The van der Waals surface area contributed by atoms with Crippen LogP contribution in [0.2, 0.25) is 0 Å². The van der Waals surface area contributed by atoms with Gasteiger partial charge in [-0.05, 0) is 135 Å². The number of phenols is 1. The van der Waals surface area contributed by atoms with Crippen LogP contribution in [0, 0.1) is 5.92 Å². The lowest BCUT2D eigenvalue weighted by molar-refractivity contribution is -0.136. The number of phenolic OH excluding ortho intramolecular Hbond substituents is 1. The van der Waals surface area contributed by atoms with Crippen LogP contribution < -0.4 is 20.4 Å². The number of ketones is 1. The van der Waals surface area contributed by atoms with E-state index < -0.39 is 13.2 Å². The number of piperidine rings is 2. The molecule has 0 radical (unpaired) electrons. The van der Waals surface area contributed by atoms with Crippen molar-refractivity contribution >= 4 is 63.2 Å². The highest BCUT2D eigenvalue weighted by molar-refractivity contribution is 7.22. The van der Waals surface area contributed by atoms with Gasteiger partial charge in [-0.15, -0.1) is 11.3 Å². The lowest BCUT2D eigenvalue weighted by atomic mass is 9.80. The number of hydrogen-bond acceptors (Lipinski definition) is 12. The van der Waals surface area contributed by atoms with Crippen LogP contribution in [-0.2, 0) is 16.1 Å². The maximum Gasteiger partial charge on any atom is 0.488 e. The van der Waals surface area contributed by atoms with E-state index in [-0.39, 0.29) is 35.7 Å². The second kappa shape index (κ2) is 18.0. The topological polar surface area (TPSA) is 163 Å². The van der Waals surface area contributed by atoms with Gasteiger partial charge in [0, 0.05) is 76.5 Å². The molecule has 62 heavy (non-hydrogen) atoms. The minimum Gasteiger partial charge on any atom is -0.508 e. The maximum atomic E-state index is 14.0. The molecule has 3 fully saturated rings. The first-order chi connectivity index (χ1) is 30.1. The number of thiophene rings is 1. The summed E-state index contributed by atoms with van der Waals surface area (Å²) in [4.78, 5) is 61.0. The predicted octanol–water partition coefficient (Wildman–Crippen LogP) is 4.25. The number of amides is 3. The van der Waals surface area contributed by atoms with E-state index in [1.54, 1.807) is 59.5 Å². The largest absolute Gasteiger partial charge is 0.508 e. The average molecular weight is 856 g/mol. The highest BCUT2D eigenvalue weighted by atomic mass is 32.1. The summed E-state index contributed by atoms with van der Waals surface area (Å²) in [5, 5.41) is 32.4. The van der Waals surface area contributed by atoms with Gasteiger partial charge in [-0.2, -0.15) is 0 Å². The third kappa shape index (κ3) is 8.86. The summed E-state index contributed by atoms with van der Waals surface area (Å²) in [6.07, 6.45) is 3.89. The molecule has 320 valence electrons. The zero-order chi connectivity index (χ0) is 42.9. The van der Waals surface area contributed by atoms with Gasteiger partial charge in [-0.3, -0.25) is 29.4 Å². The molecule has 1 atom stereocenters. The fraction of sp³-hybridized carbons (Fsp3) is 0.362. The maximum absolute atomic E-state index is 14.0. The third-order valence-corrected chi connectivity index (χ3v) is 14.1. The van der Waals surface area contributed by atoms with E-state index in [0.29, 0.717) is 47.6 Å². The molecule has 5 heterocycles. The average Bonchev–Trinajstić information content (AvgIpc) is 3.82. The highest BCUT2D eigenvalue weighted by Crippen LogP contribution is 2.41. The lowest BCUT2D eigenvalue weighted by Crippen LogP contribution is -2.52. The number of nitrogens with zero attached hydrogens (tertiary/aromatic N) is 4. The predicted molar refractivity (Wildman–Crippen MR) is 239 cm³/mol. The number of fused-ring (bicyclic) bond motifs is 2.